The van der Waals surface area contributed by atoms with E-state index >= 15 is 0 Å². The van der Waals surface area contributed by atoms with Gasteiger partial charge in [0, 0.05) is 52.9 Å². The number of nitrogens with zero attached hydrogens (tertiary/aromatic N) is 5. The van der Waals surface area contributed by atoms with E-state index in [0.29, 0.717) is 22.7 Å². The minimum Gasteiger partial charge on any atom is -0.495 e. The molecule has 8 nitrogen and oxygen atoms in total. The van der Waals surface area contributed by atoms with Crippen molar-refractivity contribution in [2.75, 3.05) is 69.0 Å². The van der Waals surface area contributed by atoms with Gasteiger partial charge in [0.05, 0.1) is 30.0 Å². The van der Waals surface area contributed by atoms with E-state index in [4.69, 9.17) is 15.0 Å². The maximum atomic E-state index is 12.5. The Morgan fingerprint density at radius 1 is 1.19 bits per heavy atom. The first-order valence-electron chi connectivity index (χ1n) is 10.5. The van der Waals surface area contributed by atoms with Gasteiger partial charge in [0.1, 0.15) is 17.4 Å². The van der Waals surface area contributed by atoms with Gasteiger partial charge in [0.15, 0.2) is 0 Å². The topological polar surface area (TPSA) is 84.7 Å². The Balaban J connectivity index is 1.76. The molecule has 0 saturated carbocycles. The van der Waals surface area contributed by atoms with Gasteiger partial charge in [-0.2, -0.15) is 5.26 Å². The molecule has 0 aliphatic carbocycles. The minimum absolute atomic E-state index is 0.0598. The fourth-order valence-corrected chi connectivity index (χ4v) is 3.60. The second-order valence-electron chi connectivity index (χ2n) is 7.66. The highest BCUT2D eigenvalue weighted by Crippen LogP contribution is 2.31. The van der Waals surface area contributed by atoms with E-state index < -0.39 is 0 Å². The number of benzene rings is 1. The number of aromatic nitrogens is 1. The van der Waals surface area contributed by atoms with Gasteiger partial charge < -0.3 is 24.8 Å². The second kappa shape index (κ2) is 10.0. The van der Waals surface area contributed by atoms with Gasteiger partial charge in [-0.1, -0.05) is 6.92 Å². The van der Waals surface area contributed by atoms with Gasteiger partial charge in [-0.05, 0) is 30.7 Å². The maximum Gasteiger partial charge on any atom is 0.257 e. The van der Waals surface area contributed by atoms with Crippen LogP contribution in [0.25, 0.3) is 0 Å². The lowest BCUT2D eigenvalue weighted by Crippen LogP contribution is -2.47. The zero-order valence-corrected chi connectivity index (χ0v) is 18.7. The Morgan fingerprint density at radius 2 is 1.90 bits per heavy atom. The molecule has 0 atom stereocenters. The molecule has 1 fully saturated rings. The standard InChI is InChI=1S/C23H30N6O2/c1-5-10-25-22-18(23(30)27(2)3)7-9-21(26-22)29-13-11-28(12-14-29)19-8-6-17(16-24)15-20(19)31-4/h6-9,15H,5,10-14H2,1-4H3,(H,25,26). The van der Waals surface area contributed by atoms with Crippen LogP contribution < -0.4 is 19.9 Å². The molecule has 1 amide bonds. The normalized spacial score (nSPS) is 13.5. The van der Waals surface area contributed by atoms with Crippen molar-refractivity contribution in [3.63, 3.8) is 0 Å². The summed E-state index contributed by atoms with van der Waals surface area (Å²) in [5.41, 5.74) is 2.16. The van der Waals surface area contributed by atoms with E-state index in [2.05, 4.69) is 28.1 Å². The van der Waals surface area contributed by atoms with Gasteiger partial charge in [0.25, 0.3) is 5.91 Å². The van der Waals surface area contributed by atoms with Crippen LogP contribution in [0.3, 0.4) is 0 Å². The van der Waals surface area contributed by atoms with E-state index in [-0.39, 0.29) is 5.91 Å². The lowest BCUT2D eigenvalue weighted by atomic mass is 10.1. The minimum atomic E-state index is -0.0598. The predicted molar refractivity (Wildman–Crippen MR) is 123 cm³/mol. The van der Waals surface area contributed by atoms with E-state index in [1.54, 1.807) is 32.2 Å². The van der Waals surface area contributed by atoms with Crippen LogP contribution in [0, 0.1) is 11.3 Å². The van der Waals surface area contributed by atoms with E-state index in [1.165, 1.54) is 0 Å². The smallest absolute Gasteiger partial charge is 0.257 e. The molecule has 1 aromatic heterocycles. The van der Waals surface area contributed by atoms with Crippen molar-refractivity contribution in [3.8, 4) is 11.8 Å². The van der Waals surface area contributed by atoms with Gasteiger partial charge in [-0.15, -0.1) is 0 Å². The SMILES string of the molecule is CCCNc1nc(N2CCN(c3ccc(C#N)cc3OC)CC2)ccc1C(=O)N(C)C. The van der Waals surface area contributed by atoms with Gasteiger partial charge in [0.2, 0.25) is 0 Å². The molecule has 0 radical (unpaired) electrons. The summed E-state index contributed by atoms with van der Waals surface area (Å²) in [6.45, 7) is 6.05. The first kappa shape index (κ1) is 22.2. The molecule has 1 aromatic carbocycles. The summed E-state index contributed by atoms with van der Waals surface area (Å²) in [6, 6.07) is 11.5. The quantitative estimate of drug-likeness (QED) is 0.734. The zero-order valence-electron chi connectivity index (χ0n) is 18.7. The molecular formula is C23H30N6O2. The number of pyridine rings is 1. The number of hydrogen-bond donors (Lipinski definition) is 1. The second-order valence-corrected chi connectivity index (χ2v) is 7.66. The van der Waals surface area contributed by atoms with E-state index in [1.807, 2.05) is 24.3 Å². The third-order valence-electron chi connectivity index (χ3n) is 5.31. The van der Waals surface area contributed by atoms with Crippen molar-refractivity contribution in [1.29, 1.82) is 5.26 Å². The lowest BCUT2D eigenvalue weighted by molar-refractivity contribution is 0.0828. The van der Waals surface area contributed by atoms with Crippen LogP contribution in [0.1, 0.15) is 29.3 Å². The van der Waals surface area contributed by atoms with Crippen LogP contribution in [-0.4, -0.2) is 69.7 Å². The molecule has 3 rings (SSSR count). The molecular weight excluding hydrogens is 392 g/mol. The van der Waals surface area contributed by atoms with Gasteiger partial charge in [-0.3, -0.25) is 4.79 Å². The molecule has 2 heterocycles. The monoisotopic (exact) mass is 422 g/mol. The van der Waals surface area contributed by atoms with Crippen molar-refractivity contribution in [3.05, 3.63) is 41.5 Å². The average Bonchev–Trinajstić information content (AvgIpc) is 2.81. The Bertz CT molecular complexity index is 961. The predicted octanol–water partition coefficient (Wildman–Crippen LogP) is 2.81. The van der Waals surface area contributed by atoms with Crippen LogP contribution in [0.5, 0.6) is 5.75 Å². The fraction of sp³-hybridized carbons (Fsp3) is 0.435. The molecule has 1 N–H and O–H groups in total. The number of piperazine rings is 1. The number of ether oxygens (including phenoxy) is 1. The Hall–Kier alpha value is -3.47. The summed E-state index contributed by atoms with van der Waals surface area (Å²) in [5.74, 6) is 2.15. The largest absolute Gasteiger partial charge is 0.495 e. The first-order chi connectivity index (χ1) is 15.0. The molecule has 0 bridgehead atoms. The number of carbonyl (C=O) groups is 1. The molecule has 31 heavy (non-hydrogen) atoms. The number of carbonyl (C=O) groups excluding carboxylic acids is 1. The summed E-state index contributed by atoms with van der Waals surface area (Å²) in [5, 5.41) is 12.4. The third kappa shape index (κ3) is 5.00. The average molecular weight is 423 g/mol. The number of methoxy groups -OCH3 is 1. The summed E-state index contributed by atoms with van der Waals surface area (Å²) in [6.07, 6.45) is 0.951. The third-order valence-corrected chi connectivity index (χ3v) is 5.31. The van der Waals surface area contributed by atoms with Crippen LogP contribution in [0.4, 0.5) is 17.3 Å². The molecule has 1 aliphatic heterocycles. The lowest BCUT2D eigenvalue weighted by Gasteiger charge is -2.37. The molecule has 0 unspecified atom stereocenters. The Morgan fingerprint density at radius 3 is 2.52 bits per heavy atom. The summed E-state index contributed by atoms with van der Waals surface area (Å²) >= 11 is 0. The Kier molecular flexibility index (Phi) is 7.19. The van der Waals surface area contributed by atoms with E-state index in [9.17, 15) is 4.79 Å². The van der Waals surface area contributed by atoms with Crippen molar-refractivity contribution < 1.29 is 9.53 Å². The number of nitrogens with one attached hydrogen (secondary N) is 1. The van der Waals surface area contributed by atoms with Crippen LogP contribution >= 0.6 is 0 Å². The number of rotatable bonds is 7. The van der Waals surface area contributed by atoms with Crippen LogP contribution in [0.2, 0.25) is 0 Å². The summed E-state index contributed by atoms with van der Waals surface area (Å²) in [7, 11) is 5.12. The molecule has 2 aromatic rings. The number of amides is 1. The van der Waals surface area contributed by atoms with Crippen molar-refractivity contribution >= 4 is 23.2 Å². The zero-order chi connectivity index (χ0) is 22.4. The van der Waals surface area contributed by atoms with Crippen molar-refractivity contribution in [2.45, 2.75) is 13.3 Å². The highest BCUT2D eigenvalue weighted by molar-refractivity contribution is 5.98. The molecule has 1 aliphatic rings. The van der Waals surface area contributed by atoms with Crippen LogP contribution in [0.15, 0.2) is 30.3 Å². The highest BCUT2D eigenvalue weighted by atomic mass is 16.5. The van der Waals surface area contributed by atoms with Crippen molar-refractivity contribution in [2.24, 2.45) is 0 Å². The first-order valence-corrected chi connectivity index (χ1v) is 10.5. The van der Waals surface area contributed by atoms with E-state index in [0.717, 1.165) is 50.6 Å². The number of hydrogen-bond acceptors (Lipinski definition) is 7. The Labute approximate surface area is 184 Å². The van der Waals surface area contributed by atoms with Crippen LogP contribution in [-0.2, 0) is 0 Å². The number of nitriles is 1. The summed E-state index contributed by atoms with van der Waals surface area (Å²) in [4.78, 5) is 23.4. The van der Waals surface area contributed by atoms with Gasteiger partial charge >= 0.3 is 0 Å². The molecule has 0 spiro atoms. The highest BCUT2D eigenvalue weighted by Gasteiger charge is 2.23. The molecule has 1 saturated heterocycles. The molecule has 8 heteroatoms. The van der Waals surface area contributed by atoms with Gasteiger partial charge in [-0.25, -0.2) is 4.98 Å². The number of anilines is 3. The fourth-order valence-electron chi connectivity index (χ4n) is 3.60. The van der Waals surface area contributed by atoms with Crippen molar-refractivity contribution in [1.82, 2.24) is 9.88 Å². The maximum absolute atomic E-state index is 12.5. The summed E-state index contributed by atoms with van der Waals surface area (Å²) < 4.78 is 5.50. The molecule has 164 valence electrons.